The third kappa shape index (κ3) is 1.31. The molecule has 0 amide bonds. The number of benzene rings is 1. The minimum absolute atomic E-state index is 0.805. The summed E-state index contributed by atoms with van der Waals surface area (Å²) in [6, 6.07) is 5.86. The zero-order chi connectivity index (χ0) is 10.4. The molecule has 0 radical (unpaired) electrons. The van der Waals surface area contributed by atoms with Crippen molar-refractivity contribution in [1.29, 1.82) is 0 Å². The summed E-state index contributed by atoms with van der Waals surface area (Å²) in [6.07, 6.45) is 1.00. The highest BCUT2D eigenvalue weighted by Gasteiger charge is 2.20. The molecule has 0 aliphatic carbocycles. The Morgan fingerprint density at radius 3 is 3.13 bits per heavy atom. The van der Waals surface area contributed by atoms with E-state index < -0.39 is 0 Å². The van der Waals surface area contributed by atoms with Crippen LogP contribution in [0, 0.1) is 0 Å². The molecule has 0 bridgehead atoms. The number of nitrogens with two attached hydrogens (primary N) is 1. The summed E-state index contributed by atoms with van der Waals surface area (Å²) in [7, 11) is 2.13. The van der Waals surface area contributed by atoms with Crippen LogP contribution < -0.4 is 5.73 Å². The highest BCUT2D eigenvalue weighted by atomic mass is 16.3. The van der Waals surface area contributed by atoms with Crippen LogP contribution in [0.2, 0.25) is 0 Å². The van der Waals surface area contributed by atoms with Gasteiger partial charge in [0.2, 0.25) is 0 Å². The second-order valence-electron chi connectivity index (χ2n) is 4.25. The lowest BCUT2D eigenvalue weighted by Crippen LogP contribution is -2.25. The Bertz CT molecular complexity index is 516. The molecule has 0 saturated carbocycles. The Balaban J connectivity index is 2.25. The van der Waals surface area contributed by atoms with Gasteiger partial charge >= 0.3 is 0 Å². The Hall–Kier alpha value is -1.48. The first kappa shape index (κ1) is 8.80. The molecule has 2 N–H and O–H groups in total. The van der Waals surface area contributed by atoms with E-state index in [1.807, 2.05) is 18.2 Å². The molecule has 1 aliphatic rings. The Morgan fingerprint density at radius 1 is 1.40 bits per heavy atom. The van der Waals surface area contributed by atoms with Crippen LogP contribution >= 0.6 is 0 Å². The maximum atomic E-state index is 5.81. The lowest BCUT2D eigenvalue weighted by Gasteiger charge is -2.21. The molecule has 0 fully saturated rings. The van der Waals surface area contributed by atoms with E-state index in [1.54, 1.807) is 0 Å². The molecular formula is C12H14N2O. The van der Waals surface area contributed by atoms with Gasteiger partial charge in [-0.3, -0.25) is 0 Å². The first-order valence-electron chi connectivity index (χ1n) is 5.22. The van der Waals surface area contributed by atoms with E-state index in [1.165, 1.54) is 10.9 Å². The summed E-state index contributed by atoms with van der Waals surface area (Å²) in [5.74, 6) is 1.13. The fraction of sp³-hybridized carbons (Fsp3) is 0.333. The number of furan rings is 1. The van der Waals surface area contributed by atoms with Crippen LogP contribution in [-0.4, -0.2) is 18.5 Å². The van der Waals surface area contributed by atoms with Gasteiger partial charge in [0.15, 0.2) is 0 Å². The molecule has 2 heterocycles. The van der Waals surface area contributed by atoms with Gasteiger partial charge in [0, 0.05) is 36.1 Å². The molecule has 15 heavy (non-hydrogen) atoms. The third-order valence-electron chi connectivity index (χ3n) is 3.05. The molecule has 2 aromatic rings. The molecular weight excluding hydrogens is 188 g/mol. The molecule has 1 aliphatic heterocycles. The molecule has 0 atom stereocenters. The van der Waals surface area contributed by atoms with Gasteiger partial charge in [0.05, 0.1) is 0 Å². The van der Waals surface area contributed by atoms with Gasteiger partial charge in [-0.2, -0.15) is 0 Å². The first-order valence-corrected chi connectivity index (χ1v) is 5.22. The average molecular weight is 202 g/mol. The minimum atomic E-state index is 0.805. The maximum Gasteiger partial charge on any atom is 0.134 e. The molecule has 0 spiro atoms. The summed E-state index contributed by atoms with van der Waals surface area (Å²) < 4.78 is 5.81. The number of fused-ring (bicyclic) bond motifs is 3. The van der Waals surface area contributed by atoms with Crippen LogP contribution in [-0.2, 0) is 13.0 Å². The predicted octanol–water partition coefficient (Wildman–Crippen LogP) is 2.00. The van der Waals surface area contributed by atoms with Crippen LogP contribution in [0.1, 0.15) is 11.3 Å². The summed E-state index contributed by atoms with van der Waals surface area (Å²) in [4.78, 5) is 2.31. The van der Waals surface area contributed by atoms with Gasteiger partial charge in [-0.25, -0.2) is 0 Å². The van der Waals surface area contributed by atoms with E-state index in [0.717, 1.165) is 36.5 Å². The van der Waals surface area contributed by atoms with E-state index in [0.29, 0.717) is 0 Å². The summed E-state index contributed by atoms with van der Waals surface area (Å²) in [6.45, 7) is 2.04. The van der Waals surface area contributed by atoms with Gasteiger partial charge < -0.3 is 15.1 Å². The van der Waals surface area contributed by atoms with Crippen LogP contribution in [0.25, 0.3) is 11.0 Å². The molecule has 1 aromatic heterocycles. The molecule has 1 aromatic carbocycles. The van der Waals surface area contributed by atoms with E-state index >= 15 is 0 Å². The van der Waals surface area contributed by atoms with E-state index in [-0.39, 0.29) is 0 Å². The van der Waals surface area contributed by atoms with Gasteiger partial charge in [0.25, 0.3) is 0 Å². The SMILES string of the molecule is CN1CCc2oc3ccc(N)cc3c2C1. The second kappa shape index (κ2) is 3.00. The summed E-state index contributed by atoms with van der Waals surface area (Å²) in [5, 5.41) is 1.18. The molecule has 3 nitrogen and oxygen atoms in total. The van der Waals surface area contributed by atoms with Crippen molar-refractivity contribution in [3.63, 3.8) is 0 Å². The van der Waals surface area contributed by atoms with Crippen molar-refractivity contribution in [3.05, 3.63) is 29.5 Å². The second-order valence-corrected chi connectivity index (χ2v) is 4.25. The standard InChI is InChI=1S/C12H14N2O/c1-14-5-4-12-10(7-14)9-6-8(13)2-3-11(9)15-12/h2-3,6H,4-5,7,13H2,1H3. The van der Waals surface area contributed by atoms with Crippen molar-refractivity contribution < 1.29 is 4.42 Å². The molecule has 3 heteroatoms. The highest BCUT2D eigenvalue weighted by molar-refractivity contribution is 5.85. The lowest BCUT2D eigenvalue weighted by atomic mass is 10.1. The smallest absolute Gasteiger partial charge is 0.134 e. The van der Waals surface area contributed by atoms with Crippen molar-refractivity contribution in [2.45, 2.75) is 13.0 Å². The van der Waals surface area contributed by atoms with E-state index in [4.69, 9.17) is 10.2 Å². The number of rotatable bonds is 0. The van der Waals surface area contributed by atoms with E-state index in [2.05, 4.69) is 11.9 Å². The third-order valence-corrected chi connectivity index (χ3v) is 3.05. The highest BCUT2D eigenvalue weighted by Crippen LogP contribution is 2.31. The zero-order valence-electron chi connectivity index (χ0n) is 8.79. The molecule has 0 unspecified atom stereocenters. The number of nitrogens with zero attached hydrogens (tertiary/aromatic N) is 1. The lowest BCUT2D eigenvalue weighted by molar-refractivity contribution is 0.296. The van der Waals surface area contributed by atoms with E-state index in [9.17, 15) is 0 Å². The average Bonchev–Trinajstić information content (AvgIpc) is 2.56. The number of likely N-dealkylation sites (N-methyl/N-ethyl adjacent to an activating group) is 1. The van der Waals surface area contributed by atoms with Crippen molar-refractivity contribution in [2.75, 3.05) is 19.3 Å². The van der Waals surface area contributed by atoms with Crippen molar-refractivity contribution in [3.8, 4) is 0 Å². The van der Waals surface area contributed by atoms with Gasteiger partial charge in [-0.05, 0) is 25.2 Å². The summed E-state index contributed by atoms with van der Waals surface area (Å²) >= 11 is 0. The fourth-order valence-electron chi connectivity index (χ4n) is 2.23. The van der Waals surface area contributed by atoms with Gasteiger partial charge in [-0.1, -0.05) is 0 Å². The number of hydrogen-bond acceptors (Lipinski definition) is 3. The van der Waals surface area contributed by atoms with Crippen molar-refractivity contribution in [2.24, 2.45) is 0 Å². The molecule has 3 rings (SSSR count). The van der Waals surface area contributed by atoms with Crippen LogP contribution in [0.4, 0.5) is 5.69 Å². The monoisotopic (exact) mass is 202 g/mol. The fourth-order valence-corrected chi connectivity index (χ4v) is 2.23. The van der Waals surface area contributed by atoms with Gasteiger partial charge in [-0.15, -0.1) is 0 Å². The topological polar surface area (TPSA) is 42.4 Å². The van der Waals surface area contributed by atoms with Crippen molar-refractivity contribution in [1.82, 2.24) is 4.90 Å². The van der Waals surface area contributed by atoms with Crippen molar-refractivity contribution >= 4 is 16.7 Å². The summed E-state index contributed by atoms with van der Waals surface area (Å²) in [5.41, 5.74) is 8.87. The number of anilines is 1. The maximum absolute atomic E-state index is 5.81. The first-order chi connectivity index (χ1) is 7.24. The van der Waals surface area contributed by atoms with Crippen LogP contribution in [0.15, 0.2) is 22.6 Å². The molecule has 0 saturated heterocycles. The normalized spacial score (nSPS) is 16.9. The minimum Gasteiger partial charge on any atom is -0.461 e. The quantitative estimate of drug-likeness (QED) is 0.664. The Kier molecular flexibility index (Phi) is 1.76. The number of nitrogen functional groups attached to an aromatic ring is 1. The Morgan fingerprint density at radius 2 is 2.27 bits per heavy atom. The van der Waals surface area contributed by atoms with Crippen LogP contribution in [0.3, 0.4) is 0 Å². The van der Waals surface area contributed by atoms with Gasteiger partial charge in [0.1, 0.15) is 11.3 Å². The largest absolute Gasteiger partial charge is 0.461 e. The van der Waals surface area contributed by atoms with Crippen LogP contribution in [0.5, 0.6) is 0 Å². The number of hydrogen-bond donors (Lipinski definition) is 1. The molecule has 78 valence electrons. The predicted molar refractivity (Wildman–Crippen MR) is 60.7 cm³/mol. The zero-order valence-corrected chi connectivity index (χ0v) is 8.79. The Labute approximate surface area is 88.5 Å².